The Kier molecular flexibility index (Phi) is 5.28. The monoisotopic (exact) mass is 297 g/mol. The van der Waals surface area contributed by atoms with Gasteiger partial charge in [-0.2, -0.15) is 0 Å². The summed E-state index contributed by atoms with van der Waals surface area (Å²) in [7, 11) is 1.54. The van der Waals surface area contributed by atoms with Gasteiger partial charge in [-0.3, -0.25) is 4.79 Å². The summed E-state index contributed by atoms with van der Waals surface area (Å²) in [6, 6.07) is 4.06. The molecular formula is C16H21F2NO2. The Bertz CT molecular complexity index is 495. The average Bonchev–Trinajstić information content (AvgIpc) is 2.51. The van der Waals surface area contributed by atoms with E-state index in [2.05, 4.69) is 0 Å². The van der Waals surface area contributed by atoms with Crippen LogP contribution in [-0.2, 0) is 9.53 Å². The van der Waals surface area contributed by atoms with Crippen molar-refractivity contribution in [3.63, 3.8) is 0 Å². The molecule has 0 radical (unpaired) electrons. The lowest BCUT2D eigenvalue weighted by Crippen LogP contribution is -2.44. The van der Waals surface area contributed by atoms with Gasteiger partial charge in [0.05, 0.1) is 0 Å². The van der Waals surface area contributed by atoms with Crippen LogP contribution < -0.4 is 0 Å². The molecule has 1 amide bonds. The lowest BCUT2D eigenvalue weighted by atomic mass is 9.89. The molecule has 1 aromatic rings. The first kappa shape index (κ1) is 15.9. The van der Waals surface area contributed by atoms with Gasteiger partial charge in [-0.15, -0.1) is 0 Å². The number of benzene rings is 1. The van der Waals surface area contributed by atoms with E-state index in [-0.39, 0.29) is 17.9 Å². The van der Waals surface area contributed by atoms with E-state index in [1.165, 1.54) is 12.1 Å². The zero-order valence-electron chi connectivity index (χ0n) is 12.4. The number of hydrogen-bond acceptors (Lipinski definition) is 2. The van der Waals surface area contributed by atoms with Crippen molar-refractivity contribution in [2.75, 3.05) is 20.2 Å². The van der Waals surface area contributed by atoms with Crippen LogP contribution in [0.3, 0.4) is 0 Å². The molecule has 21 heavy (non-hydrogen) atoms. The predicted molar refractivity (Wildman–Crippen MR) is 76.0 cm³/mol. The molecule has 1 saturated heterocycles. The Balaban J connectivity index is 1.96. The topological polar surface area (TPSA) is 29.5 Å². The molecule has 0 unspecified atom stereocenters. The van der Waals surface area contributed by atoms with E-state index in [9.17, 15) is 13.6 Å². The molecule has 0 aromatic heterocycles. The Labute approximate surface area is 123 Å². The first-order valence-corrected chi connectivity index (χ1v) is 7.33. The second kappa shape index (κ2) is 6.98. The van der Waals surface area contributed by atoms with Crippen LogP contribution in [0.5, 0.6) is 0 Å². The molecule has 116 valence electrons. The Morgan fingerprint density at radius 1 is 1.33 bits per heavy atom. The number of methoxy groups -OCH3 is 1. The minimum absolute atomic E-state index is 0.0173. The quantitative estimate of drug-likeness (QED) is 0.854. The summed E-state index contributed by atoms with van der Waals surface area (Å²) in [6.07, 6.45) is 1.79. The summed E-state index contributed by atoms with van der Waals surface area (Å²) in [4.78, 5) is 14.0. The second-order valence-corrected chi connectivity index (χ2v) is 5.41. The van der Waals surface area contributed by atoms with Crippen LogP contribution in [0, 0.1) is 11.6 Å². The molecule has 5 heteroatoms. The van der Waals surface area contributed by atoms with Gasteiger partial charge in [-0.05, 0) is 42.9 Å². The molecule has 1 heterocycles. The van der Waals surface area contributed by atoms with E-state index in [0.29, 0.717) is 19.5 Å². The van der Waals surface area contributed by atoms with E-state index in [4.69, 9.17) is 4.74 Å². The van der Waals surface area contributed by atoms with E-state index in [0.717, 1.165) is 18.4 Å². The van der Waals surface area contributed by atoms with Gasteiger partial charge in [0.15, 0.2) is 11.6 Å². The zero-order chi connectivity index (χ0) is 15.4. The standard InChI is InChI=1S/C16H21F2NO2/c1-3-15(21-2)16(20)19-8-6-11(7-9-19)12-4-5-13(17)14(18)10-12/h4-5,10-11,15H,3,6-9H2,1-2H3/t15-/m1/s1. The highest BCUT2D eigenvalue weighted by atomic mass is 19.2. The first-order valence-electron chi connectivity index (χ1n) is 7.33. The number of carbonyl (C=O) groups excluding carboxylic acids is 1. The lowest BCUT2D eigenvalue weighted by molar-refractivity contribution is -0.143. The van der Waals surface area contributed by atoms with Gasteiger partial charge in [0, 0.05) is 20.2 Å². The van der Waals surface area contributed by atoms with Crippen molar-refractivity contribution >= 4 is 5.91 Å². The van der Waals surface area contributed by atoms with Crippen molar-refractivity contribution in [2.24, 2.45) is 0 Å². The average molecular weight is 297 g/mol. The van der Waals surface area contributed by atoms with Crippen LogP contribution in [-0.4, -0.2) is 37.1 Å². The number of amides is 1. The fraction of sp³-hybridized carbons (Fsp3) is 0.562. The molecule has 0 N–H and O–H groups in total. The minimum atomic E-state index is -0.822. The highest BCUT2D eigenvalue weighted by Crippen LogP contribution is 2.29. The van der Waals surface area contributed by atoms with Crippen molar-refractivity contribution < 1.29 is 18.3 Å². The third-order valence-electron chi connectivity index (χ3n) is 4.15. The first-order chi connectivity index (χ1) is 10.1. The predicted octanol–water partition coefficient (Wildman–Crippen LogP) is 3.10. The molecule has 1 fully saturated rings. The van der Waals surface area contributed by atoms with Gasteiger partial charge < -0.3 is 9.64 Å². The lowest BCUT2D eigenvalue weighted by Gasteiger charge is -2.34. The van der Waals surface area contributed by atoms with E-state index in [1.807, 2.05) is 6.92 Å². The maximum absolute atomic E-state index is 13.3. The summed E-state index contributed by atoms with van der Waals surface area (Å²) in [5.74, 6) is -1.44. The number of ether oxygens (including phenoxy) is 1. The van der Waals surface area contributed by atoms with Crippen LogP contribution in [0.2, 0.25) is 0 Å². The molecule has 3 nitrogen and oxygen atoms in total. The van der Waals surface area contributed by atoms with Gasteiger partial charge >= 0.3 is 0 Å². The number of piperidine rings is 1. The third kappa shape index (κ3) is 3.59. The van der Waals surface area contributed by atoms with E-state index >= 15 is 0 Å². The molecule has 1 aliphatic rings. The van der Waals surface area contributed by atoms with Crippen molar-refractivity contribution in [3.8, 4) is 0 Å². The van der Waals surface area contributed by atoms with Crippen molar-refractivity contribution in [2.45, 2.75) is 38.2 Å². The Hall–Kier alpha value is -1.49. The summed E-state index contributed by atoms with van der Waals surface area (Å²) >= 11 is 0. The van der Waals surface area contributed by atoms with Gasteiger partial charge in [0.2, 0.25) is 0 Å². The second-order valence-electron chi connectivity index (χ2n) is 5.41. The highest BCUT2D eigenvalue weighted by molar-refractivity contribution is 5.81. The fourth-order valence-electron chi connectivity index (χ4n) is 2.85. The third-order valence-corrected chi connectivity index (χ3v) is 4.15. The number of hydrogen-bond donors (Lipinski definition) is 0. The molecule has 0 spiro atoms. The normalized spacial score (nSPS) is 17.8. The maximum Gasteiger partial charge on any atom is 0.251 e. The molecular weight excluding hydrogens is 276 g/mol. The molecule has 1 atom stereocenters. The van der Waals surface area contributed by atoms with Crippen LogP contribution >= 0.6 is 0 Å². The van der Waals surface area contributed by atoms with Gasteiger partial charge in [-0.25, -0.2) is 8.78 Å². The summed E-state index contributed by atoms with van der Waals surface area (Å²) in [5, 5.41) is 0. The van der Waals surface area contributed by atoms with Gasteiger partial charge in [0.25, 0.3) is 5.91 Å². The minimum Gasteiger partial charge on any atom is -0.372 e. The maximum atomic E-state index is 13.3. The summed E-state index contributed by atoms with van der Waals surface area (Å²) < 4.78 is 31.4. The van der Waals surface area contributed by atoms with Crippen molar-refractivity contribution in [1.29, 1.82) is 0 Å². The Morgan fingerprint density at radius 2 is 2.00 bits per heavy atom. The number of nitrogens with zero attached hydrogens (tertiary/aromatic N) is 1. The summed E-state index contributed by atoms with van der Waals surface area (Å²) in [6.45, 7) is 3.17. The fourth-order valence-corrected chi connectivity index (χ4v) is 2.85. The van der Waals surface area contributed by atoms with Crippen molar-refractivity contribution in [3.05, 3.63) is 35.4 Å². The van der Waals surface area contributed by atoms with Crippen LogP contribution in [0.1, 0.15) is 37.7 Å². The smallest absolute Gasteiger partial charge is 0.251 e. The molecule has 1 aromatic carbocycles. The van der Waals surface area contributed by atoms with Gasteiger partial charge in [0.1, 0.15) is 6.10 Å². The van der Waals surface area contributed by atoms with Crippen LogP contribution in [0.15, 0.2) is 18.2 Å². The molecule has 2 rings (SSSR count). The SMILES string of the molecule is CC[C@@H](OC)C(=O)N1CCC(c2ccc(F)c(F)c2)CC1. The number of rotatable bonds is 4. The van der Waals surface area contributed by atoms with Crippen LogP contribution in [0.25, 0.3) is 0 Å². The Morgan fingerprint density at radius 3 is 2.52 bits per heavy atom. The molecule has 0 bridgehead atoms. The zero-order valence-corrected chi connectivity index (χ0v) is 12.4. The molecule has 0 saturated carbocycles. The van der Waals surface area contributed by atoms with Gasteiger partial charge in [-0.1, -0.05) is 13.0 Å². The largest absolute Gasteiger partial charge is 0.372 e. The van der Waals surface area contributed by atoms with E-state index < -0.39 is 11.6 Å². The van der Waals surface area contributed by atoms with E-state index in [1.54, 1.807) is 18.1 Å². The molecule has 1 aliphatic heterocycles. The van der Waals surface area contributed by atoms with Crippen LogP contribution in [0.4, 0.5) is 8.78 Å². The molecule has 0 aliphatic carbocycles. The highest BCUT2D eigenvalue weighted by Gasteiger charge is 2.28. The summed E-state index contributed by atoms with van der Waals surface area (Å²) in [5.41, 5.74) is 0.805. The number of likely N-dealkylation sites (tertiary alicyclic amines) is 1. The number of halogens is 2. The van der Waals surface area contributed by atoms with Crippen molar-refractivity contribution in [1.82, 2.24) is 4.90 Å². The number of carbonyl (C=O) groups is 1.